The van der Waals surface area contributed by atoms with Gasteiger partial charge < -0.3 is 9.84 Å². The number of hydrogen-bond donors (Lipinski definition) is 1. The minimum atomic E-state index is -0.885. The van der Waals surface area contributed by atoms with Crippen LogP contribution in [0, 0.1) is 0 Å². The summed E-state index contributed by atoms with van der Waals surface area (Å²) in [5, 5.41) is 10.0. The Labute approximate surface area is 121 Å². The van der Waals surface area contributed by atoms with E-state index in [0.29, 0.717) is 17.4 Å². The summed E-state index contributed by atoms with van der Waals surface area (Å²) < 4.78 is 5.60. The van der Waals surface area contributed by atoms with Crippen LogP contribution in [-0.2, 0) is 0 Å². The van der Waals surface area contributed by atoms with Gasteiger partial charge in [0.1, 0.15) is 15.6 Å². The van der Waals surface area contributed by atoms with E-state index < -0.39 is 5.97 Å². The fraction of sp³-hybridized carbons (Fsp3) is 0.333. The van der Waals surface area contributed by atoms with E-state index in [-0.39, 0.29) is 0 Å². The van der Waals surface area contributed by atoms with Crippen LogP contribution in [0.15, 0.2) is 24.3 Å². The molecule has 1 saturated carbocycles. The monoisotopic (exact) mass is 289 g/mol. The molecular formula is C15H15NO3S. The molecule has 1 aromatic heterocycles. The summed E-state index contributed by atoms with van der Waals surface area (Å²) in [4.78, 5) is 16.3. The molecule has 0 saturated heterocycles. The Kier molecular flexibility index (Phi) is 3.44. The molecule has 1 fully saturated rings. The number of para-hydroxylation sites is 1. The molecule has 0 atom stereocenters. The van der Waals surface area contributed by atoms with Crippen LogP contribution in [0.1, 0.15) is 41.0 Å². The van der Waals surface area contributed by atoms with Gasteiger partial charge in [-0.05, 0) is 31.9 Å². The van der Waals surface area contributed by atoms with Crippen LogP contribution in [0.4, 0.5) is 0 Å². The van der Waals surface area contributed by atoms with Crippen molar-refractivity contribution in [3.8, 4) is 16.3 Å². The first-order chi connectivity index (χ1) is 9.70. The maximum absolute atomic E-state index is 11.3. The second kappa shape index (κ2) is 5.25. The van der Waals surface area contributed by atoms with Gasteiger partial charge in [-0.1, -0.05) is 12.1 Å². The fourth-order valence-corrected chi connectivity index (χ4v) is 3.18. The lowest BCUT2D eigenvalue weighted by atomic mass is 10.2. The SMILES string of the molecule is CCOc1ccccc1-c1nc(C2CC2)c(C(=O)O)s1. The van der Waals surface area contributed by atoms with E-state index in [1.165, 1.54) is 11.3 Å². The van der Waals surface area contributed by atoms with Crippen LogP contribution in [-0.4, -0.2) is 22.7 Å². The third-order valence-electron chi connectivity index (χ3n) is 3.23. The number of aromatic nitrogens is 1. The number of carboxylic acids is 1. The molecule has 1 N–H and O–H groups in total. The largest absolute Gasteiger partial charge is 0.493 e. The second-order valence-corrected chi connectivity index (χ2v) is 5.74. The van der Waals surface area contributed by atoms with Gasteiger partial charge in [0.25, 0.3) is 0 Å². The summed E-state index contributed by atoms with van der Waals surface area (Å²) in [6.45, 7) is 2.50. The highest BCUT2D eigenvalue weighted by molar-refractivity contribution is 7.17. The summed E-state index contributed by atoms with van der Waals surface area (Å²) in [5.74, 6) is 0.193. The lowest BCUT2D eigenvalue weighted by Gasteiger charge is -2.07. The Morgan fingerprint density at radius 1 is 1.45 bits per heavy atom. The molecule has 5 heteroatoms. The van der Waals surface area contributed by atoms with Crippen LogP contribution in [0.5, 0.6) is 5.75 Å². The number of aromatic carboxylic acids is 1. The van der Waals surface area contributed by atoms with Crippen molar-refractivity contribution in [3.63, 3.8) is 0 Å². The van der Waals surface area contributed by atoms with E-state index in [1.807, 2.05) is 31.2 Å². The number of ether oxygens (including phenoxy) is 1. The number of thiazole rings is 1. The average Bonchev–Trinajstić information content (AvgIpc) is 3.18. The molecule has 104 valence electrons. The summed E-state index contributed by atoms with van der Waals surface area (Å²) in [6, 6.07) is 7.63. The molecule has 0 spiro atoms. The van der Waals surface area contributed by atoms with Crippen molar-refractivity contribution in [3.05, 3.63) is 34.8 Å². The predicted octanol–water partition coefficient (Wildman–Crippen LogP) is 3.78. The first-order valence-corrected chi connectivity index (χ1v) is 7.48. The predicted molar refractivity (Wildman–Crippen MR) is 77.7 cm³/mol. The number of hydrogen-bond acceptors (Lipinski definition) is 4. The number of benzene rings is 1. The standard InChI is InChI=1S/C15H15NO3S/c1-2-19-11-6-4-3-5-10(11)14-16-12(9-7-8-9)13(20-14)15(17)18/h3-6,9H,2,7-8H2,1H3,(H,17,18). The van der Waals surface area contributed by atoms with Gasteiger partial charge >= 0.3 is 5.97 Å². The molecule has 1 aromatic carbocycles. The van der Waals surface area contributed by atoms with Crippen molar-refractivity contribution < 1.29 is 14.6 Å². The highest BCUT2D eigenvalue weighted by Crippen LogP contribution is 2.45. The first-order valence-electron chi connectivity index (χ1n) is 6.67. The summed E-state index contributed by atoms with van der Waals surface area (Å²) in [5.41, 5.74) is 1.61. The zero-order chi connectivity index (χ0) is 14.1. The molecule has 3 rings (SSSR count). The smallest absolute Gasteiger partial charge is 0.347 e. The quantitative estimate of drug-likeness (QED) is 0.910. The lowest BCUT2D eigenvalue weighted by Crippen LogP contribution is -1.97. The van der Waals surface area contributed by atoms with E-state index in [9.17, 15) is 9.90 Å². The molecule has 0 radical (unpaired) electrons. The Morgan fingerprint density at radius 3 is 2.85 bits per heavy atom. The molecule has 0 unspecified atom stereocenters. The van der Waals surface area contributed by atoms with E-state index in [2.05, 4.69) is 4.98 Å². The van der Waals surface area contributed by atoms with Gasteiger partial charge in [-0.3, -0.25) is 0 Å². The van der Waals surface area contributed by atoms with Gasteiger partial charge in [0.15, 0.2) is 0 Å². The Morgan fingerprint density at radius 2 is 2.20 bits per heavy atom. The Hall–Kier alpha value is -1.88. The van der Waals surface area contributed by atoms with Crippen molar-refractivity contribution in [1.82, 2.24) is 4.98 Å². The number of carboxylic acid groups (broad SMARTS) is 1. The second-order valence-electron chi connectivity index (χ2n) is 4.74. The third kappa shape index (κ3) is 2.41. The number of rotatable bonds is 5. The highest BCUT2D eigenvalue weighted by Gasteiger charge is 2.32. The van der Waals surface area contributed by atoms with Crippen LogP contribution < -0.4 is 4.74 Å². The minimum Gasteiger partial charge on any atom is -0.493 e. The molecule has 20 heavy (non-hydrogen) atoms. The molecule has 2 aromatic rings. The van der Waals surface area contributed by atoms with Crippen molar-refractivity contribution in [2.45, 2.75) is 25.7 Å². The summed E-state index contributed by atoms with van der Waals surface area (Å²) in [7, 11) is 0. The van der Waals surface area contributed by atoms with Crippen LogP contribution >= 0.6 is 11.3 Å². The van der Waals surface area contributed by atoms with Crippen LogP contribution in [0.2, 0.25) is 0 Å². The van der Waals surface area contributed by atoms with Crippen molar-refractivity contribution >= 4 is 17.3 Å². The minimum absolute atomic E-state index is 0.324. The van der Waals surface area contributed by atoms with Gasteiger partial charge in [-0.2, -0.15) is 0 Å². The lowest BCUT2D eigenvalue weighted by molar-refractivity contribution is 0.0700. The van der Waals surface area contributed by atoms with Gasteiger partial charge in [-0.25, -0.2) is 9.78 Å². The molecule has 1 aliphatic carbocycles. The van der Waals surface area contributed by atoms with E-state index in [1.54, 1.807) is 0 Å². The molecular weight excluding hydrogens is 274 g/mol. The maximum Gasteiger partial charge on any atom is 0.347 e. The molecule has 0 amide bonds. The molecule has 0 bridgehead atoms. The van der Waals surface area contributed by atoms with Gasteiger partial charge in [-0.15, -0.1) is 11.3 Å². The topological polar surface area (TPSA) is 59.4 Å². The van der Waals surface area contributed by atoms with E-state index in [4.69, 9.17) is 4.74 Å². The van der Waals surface area contributed by atoms with Crippen LogP contribution in [0.25, 0.3) is 10.6 Å². The normalized spacial score (nSPS) is 14.2. The molecule has 1 aliphatic rings. The van der Waals surface area contributed by atoms with E-state index >= 15 is 0 Å². The molecule has 1 heterocycles. The number of carbonyl (C=O) groups is 1. The molecule has 4 nitrogen and oxygen atoms in total. The van der Waals surface area contributed by atoms with Gasteiger partial charge in [0.05, 0.1) is 17.9 Å². The zero-order valence-corrected chi connectivity index (χ0v) is 11.9. The Balaban J connectivity index is 2.06. The zero-order valence-electron chi connectivity index (χ0n) is 11.1. The first kappa shape index (κ1) is 13.1. The molecule has 0 aliphatic heterocycles. The van der Waals surface area contributed by atoms with Crippen molar-refractivity contribution in [2.75, 3.05) is 6.61 Å². The average molecular weight is 289 g/mol. The number of nitrogens with zero attached hydrogens (tertiary/aromatic N) is 1. The highest BCUT2D eigenvalue weighted by atomic mass is 32.1. The van der Waals surface area contributed by atoms with Gasteiger partial charge in [0.2, 0.25) is 0 Å². The fourth-order valence-electron chi connectivity index (χ4n) is 2.16. The summed E-state index contributed by atoms with van der Waals surface area (Å²) in [6.07, 6.45) is 2.08. The van der Waals surface area contributed by atoms with E-state index in [0.717, 1.165) is 34.9 Å². The third-order valence-corrected chi connectivity index (χ3v) is 4.32. The Bertz CT molecular complexity index is 646. The van der Waals surface area contributed by atoms with Crippen molar-refractivity contribution in [2.24, 2.45) is 0 Å². The van der Waals surface area contributed by atoms with Crippen molar-refractivity contribution in [1.29, 1.82) is 0 Å². The summed E-state index contributed by atoms with van der Waals surface area (Å²) >= 11 is 1.24. The van der Waals surface area contributed by atoms with Crippen LogP contribution in [0.3, 0.4) is 0 Å². The maximum atomic E-state index is 11.3. The van der Waals surface area contributed by atoms with Gasteiger partial charge in [0, 0.05) is 5.92 Å².